The maximum Gasteiger partial charge on any atom is 0.0541 e. The van der Waals surface area contributed by atoms with E-state index in [1.165, 1.54) is 165 Å². The fraction of sp³-hybridized carbons (Fsp3) is 0. The minimum atomic E-state index is 1.14. The molecule has 0 N–H and O–H groups in total. The first-order valence-corrected chi connectivity index (χ1v) is 36.1. The van der Waals surface area contributed by atoms with E-state index in [-0.39, 0.29) is 0 Å². The molecule has 0 aliphatic carbocycles. The molecule has 6 aromatic heterocycles. The van der Waals surface area contributed by atoms with Crippen LogP contribution in [0.1, 0.15) is 0 Å². The molecule has 0 aliphatic heterocycles. The van der Waals surface area contributed by atoms with Crippen LogP contribution in [-0.2, 0) is 0 Å². The number of fused-ring (bicyclic) bond motifs is 12. The predicted octanol–water partition coefficient (Wildman–Crippen LogP) is 26.2. The molecule has 0 amide bonds. The molecular weight excluding hydrogens is 1290 g/mol. The molecule has 0 spiro atoms. The van der Waals surface area contributed by atoms with Gasteiger partial charge in [0.2, 0.25) is 0 Å². The van der Waals surface area contributed by atoms with Crippen molar-refractivity contribution in [3.05, 3.63) is 401 Å². The SMILES string of the molecule is c1ccc(-c2ccc(-n3c4ccccc4c4cc(-c5ccc6c(c5)c5ccccc5n6-c5ccc(-c6ccncc6)cc5)ccc43)cc2)cc1.c1ccc(-c2ccc(-n3c4ccccc4c4cc(-c5ccc6c(c5)c5ccccc5n6-c5cccc(-c6ccc(-c7ccncc7)cc6)c5)ccc43)cc2)cc1. The van der Waals surface area contributed by atoms with Crippen LogP contribution in [0, 0.1) is 0 Å². The lowest BCUT2D eigenvalue weighted by atomic mass is 10.0. The number of nitrogens with zero attached hydrogens (tertiary/aromatic N) is 6. The van der Waals surface area contributed by atoms with Crippen LogP contribution in [0.3, 0.4) is 0 Å². The Labute approximate surface area is 613 Å². The topological polar surface area (TPSA) is 45.5 Å². The Bertz CT molecular complexity index is 6670. The molecule has 0 bridgehead atoms. The number of hydrogen-bond acceptors (Lipinski definition) is 2. The minimum absolute atomic E-state index is 1.14. The van der Waals surface area contributed by atoms with Gasteiger partial charge in [0.1, 0.15) is 0 Å². The van der Waals surface area contributed by atoms with Gasteiger partial charge in [0.25, 0.3) is 0 Å². The molecular formula is C100H66N6. The molecule has 15 aromatic carbocycles. The monoisotopic (exact) mass is 1350 g/mol. The third-order valence-corrected chi connectivity index (χ3v) is 21.3. The van der Waals surface area contributed by atoms with Gasteiger partial charge in [-0.2, -0.15) is 0 Å². The third-order valence-electron chi connectivity index (χ3n) is 21.3. The van der Waals surface area contributed by atoms with Crippen LogP contribution in [0.25, 0.3) is 188 Å². The van der Waals surface area contributed by atoms with Crippen molar-refractivity contribution < 1.29 is 0 Å². The normalized spacial score (nSPS) is 11.6. The Morgan fingerprint density at radius 1 is 0.132 bits per heavy atom. The van der Waals surface area contributed by atoms with E-state index >= 15 is 0 Å². The van der Waals surface area contributed by atoms with Crippen LogP contribution in [0.15, 0.2) is 401 Å². The molecule has 496 valence electrons. The van der Waals surface area contributed by atoms with Gasteiger partial charge in [-0.05, 0) is 223 Å². The molecule has 6 nitrogen and oxygen atoms in total. The summed E-state index contributed by atoms with van der Waals surface area (Å²) in [4.78, 5) is 8.34. The van der Waals surface area contributed by atoms with E-state index in [0.29, 0.717) is 0 Å². The van der Waals surface area contributed by atoms with Crippen LogP contribution < -0.4 is 0 Å². The molecule has 0 saturated heterocycles. The summed E-state index contributed by atoms with van der Waals surface area (Å²) in [6, 6.07) is 136. The van der Waals surface area contributed by atoms with Gasteiger partial charge in [0.05, 0.1) is 44.1 Å². The number of rotatable bonds is 11. The lowest BCUT2D eigenvalue weighted by Crippen LogP contribution is -1.94. The summed E-state index contributed by atoms with van der Waals surface area (Å²) >= 11 is 0. The molecule has 0 radical (unpaired) electrons. The van der Waals surface area contributed by atoms with Crippen molar-refractivity contribution in [1.29, 1.82) is 0 Å². The summed E-state index contributed by atoms with van der Waals surface area (Å²) < 4.78 is 9.57. The van der Waals surface area contributed by atoms with Gasteiger partial charge < -0.3 is 18.3 Å². The van der Waals surface area contributed by atoms with Crippen molar-refractivity contribution >= 4 is 87.2 Å². The summed E-state index contributed by atoms with van der Waals surface area (Å²) in [6.45, 7) is 0. The van der Waals surface area contributed by atoms with Gasteiger partial charge in [-0.1, -0.05) is 231 Å². The first kappa shape index (κ1) is 61.7. The maximum atomic E-state index is 4.17. The average molecular weight is 1350 g/mol. The standard InChI is InChI=1S/C53H35N3.C47H31N3/c1-2-9-36(10-3-1)38-21-25-44(26-22-38)55-50-15-6-4-13-46(50)48-34-42(23-27-52(48)55)43-24-28-53-49(35-43)47-14-5-7-16-51(47)56(53)45-12-8-11-41(33-45)39-19-17-37(18-20-39)40-29-31-54-32-30-40;1-2-8-32(9-3-1)33-14-20-38(21-15-33)49-44-12-6-4-10-40(44)42-30-36(18-24-46(42)49)37-19-25-47-43(31-37)41-11-5-7-13-45(41)50(47)39-22-16-34(17-23-39)35-26-28-48-29-27-35/h1-35H;1-31H. The van der Waals surface area contributed by atoms with Gasteiger partial charge in [0, 0.05) is 90.6 Å². The highest BCUT2D eigenvalue weighted by atomic mass is 15.0. The number of hydrogen-bond donors (Lipinski definition) is 0. The molecule has 0 atom stereocenters. The molecule has 21 rings (SSSR count). The first-order valence-electron chi connectivity index (χ1n) is 36.1. The quantitative estimate of drug-likeness (QED) is 0.130. The summed E-state index contributed by atoms with van der Waals surface area (Å²) in [5.74, 6) is 0. The van der Waals surface area contributed by atoms with Crippen molar-refractivity contribution in [2.75, 3.05) is 0 Å². The molecule has 106 heavy (non-hydrogen) atoms. The molecule has 0 aliphatic rings. The summed E-state index contributed by atoms with van der Waals surface area (Å²) in [5, 5.41) is 9.99. The Hall–Kier alpha value is -14.2. The lowest BCUT2D eigenvalue weighted by Gasteiger charge is -2.11. The smallest absolute Gasteiger partial charge is 0.0541 e. The number of aromatic nitrogens is 6. The van der Waals surface area contributed by atoms with E-state index in [1.54, 1.807) is 0 Å². The molecule has 6 heterocycles. The molecule has 6 heteroatoms. The van der Waals surface area contributed by atoms with Crippen LogP contribution in [0.2, 0.25) is 0 Å². The Morgan fingerprint density at radius 2 is 0.349 bits per heavy atom. The second-order valence-electron chi connectivity index (χ2n) is 27.3. The fourth-order valence-corrected chi connectivity index (χ4v) is 16.2. The lowest BCUT2D eigenvalue weighted by molar-refractivity contribution is 1.18. The number of para-hydroxylation sites is 4. The number of benzene rings is 15. The molecule has 0 fully saturated rings. The van der Waals surface area contributed by atoms with Gasteiger partial charge in [0.15, 0.2) is 0 Å². The largest absolute Gasteiger partial charge is 0.309 e. The van der Waals surface area contributed by atoms with Gasteiger partial charge in [-0.15, -0.1) is 0 Å². The van der Waals surface area contributed by atoms with Crippen LogP contribution in [-0.4, -0.2) is 28.2 Å². The highest BCUT2D eigenvalue weighted by molar-refractivity contribution is 6.15. The summed E-state index contributed by atoms with van der Waals surface area (Å²) in [7, 11) is 0. The zero-order chi connectivity index (χ0) is 70.0. The van der Waals surface area contributed by atoms with Crippen molar-refractivity contribution in [1.82, 2.24) is 28.2 Å². The summed E-state index contributed by atoms with van der Waals surface area (Å²) in [6.07, 6.45) is 7.36. The Kier molecular flexibility index (Phi) is 15.1. The third kappa shape index (κ3) is 10.8. The van der Waals surface area contributed by atoms with Crippen LogP contribution in [0.4, 0.5) is 0 Å². The van der Waals surface area contributed by atoms with Crippen molar-refractivity contribution in [3.63, 3.8) is 0 Å². The van der Waals surface area contributed by atoms with E-state index in [0.717, 1.165) is 22.7 Å². The van der Waals surface area contributed by atoms with Crippen LogP contribution >= 0.6 is 0 Å². The average Bonchev–Trinajstić information content (AvgIpc) is 1.60. The van der Waals surface area contributed by atoms with Crippen molar-refractivity contribution in [2.45, 2.75) is 0 Å². The predicted molar refractivity (Wildman–Crippen MR) is 444 cm³/mol. The van der Waals surface area contributed by atoms with E-state index in [2.05, 4.69) is 392 Å². The molecule has 21 aromatic rings. The molecule has 0 saturated carbocycles. The van der Waals surface area contributed by atoms with Crippen LogP contribution in [0.5, 0.6) is 0 Å². The highest BCUT2D eigenvalue weighted by Crippen LogP contribution is 2.43. The zero-order valence-electron chi connectivity index (χ0n) is 57.8. The van der Waals surface area contributed by atoms with E-state index < -0.39 is 0 Å². The second-order valence-corrected chi connectivity index (χ2v) is 27.3. The van der Waals surface area contributed by atoms with E-state index in [9.17, 15) is 0 Å². The van der Waals surface area contributed by atoms with E-state index in [4.69, 9.17) is 0 Å². The minimum Gasteiger partial charge on any atom is -0.309 e. The van der Waals surface area contributed by atoms with Gasteiger partial charge in [-0.25, -0.2) is 0 Å². The Balaban J connectivity index is 0.000000141. The van der Waals surface area contributed by atoms with Gasteiger partial charge >= 0.3 is 0 Å². The van der Waals surface area contributed by atoms with Crippen molar-refractivity contribution in [2.24, 2.45) is 0 Å². The first-order chi connectivity index (χ1) is 52.6. The summed E-state index contributed by atoms with van der Waals surface area (Å²) in [5.41, 5.74) is 31.0. The maximum absolute atomic E-state index is 4.17. The van der Waals surface area contributed by atoms with Crippen molar-refractivity contribution in [3.8, 4) is 101 Å². The second kappa shape index (κ2) is 26.0. The Morgan fingerprint density at radius 3 is 0.670 bits per heavy atom. The fourth-order valence-electron chi connectivity index (χ4n) is 16.2. The number of pyridine rings is 2. The van der Waals surface area contributed by atoms with E-state index in [1.807, 2.05) is 36.9 Å². The molecule has 0 unspecified atom stereocenters. The highest BCUT2D eigenvalue weighted by Gasteiger charge is 2.20. The zero-order valence-corrected chi connectivity index (χ0v) is 57.8. The van der Waals surface area contributed by atoms with Gasteiger partial charge in [-0.3, -0.25) is 9.97 Å².